The van der Waals surface area contributed by atoms with E-state index in [4.69, 9.17) is 4.42 Å². The standard InChI is InChI=1S/C17H24N2OS/c1-2-7-18-12-17-15(13-19-8-10-21-11-9-19)14-5-3-4-6-16(14)20-17/h3-6,18H,2,7-13H2,1H3. The molecule has 0 saturated carbocycles. The van der Waals surface area contributed by atoms with Gasteiger partial charge >= 0.3 is 0 Å². The van der Waals surface area contributed by atoms with Crippen LogP contribution in [0.15, 0.2) is 28.7 Å². The number of rotatable bonds is 6. The first-order valence-electron chi connectivity index (χ1n) is 7.88. The Bertz CT molecular complexity index is 575. The Kier molecular flexibility index (Phi) is 5.22. The highest BCUT2D eigenvalue weighted by Gasteiger charge is 2.18. The van der Waals surface area contributed by atoms with Crippen molar-refractivity contribution >= 4 is 22.7 Å². The number of fused-ring (bicyclic) bond motifs is 1. The van der Waals surface area contributed by atoms with Crippen LogP contribution in [0.3, 0.4) is 0 Å². The summed E-state index contributed by atoms with van der Waals surface area (Å²) in [5, 5.41) is 4.76. The second-order valence-electron chi connectivity index (χ2n) is 5.57. The quantitative estimate of drug-likeness (QED) is 0.827. The summed E-state index contributed by atoms with van der Waals surface area (Å²) in [4.78, 5) is 2.55. The highest BCUT2D eigenvalue weighted by Crippen LogP contribution is 2.28. The van der Waals surface area contributed by atoms with Crippen molar-refractivity contribution in [3.05, 3.63) is 35.6 Å². The van der Waals surface area contributed by atoms with Gasteiger partial charge in [-0.05, 0) is 19.0 Å². The molecule has 2 heterocycles. The van der Waals surface area contributed by atoms with Gasteiger partial charge in [-0.25, -0.2) is 0 Å². The minimum Gasteiger partial charge on any atom is -0.459 e. The zero-order valence-corrected chi connectivity index (χ0v) is 13.5. The van der Waals surface area contributed by atoms with Crippen LogP contribution >= 0.6 is 11.8 Å². The van der Waals surface area contributed by atoms with Gasteiger partial charge in [-0.1, -0.05) is 25.1 Å². The first-order chi connectivity index (χ1) is 10.4. The van der Waals surface area contributed by atoms with E-state index in [1.165, 1.54) is 35.5 Å². The van der Waals surface area contributed by atoms with Crippen LogP contribution in [0.1, 0.15) is 24.7 Å². The lowest BCUT2D eigenvalue weighted by atomic mass is 10.1. The van der Waals surface area contributed by atoms with Crippen molar-refractivity contribution < 1.29 is 4.42 Å². The van der Waals surface area contributed by atoms with Gasteiger partial charge in [-0.3, -0.25) is 4.90 Å². The van der Waals surface area contributed by atoms with E-state index < -0.39 is 0 Å². The van der Waals surface area contributed by atoms with Crippen LogP contribution < -0.4 is 5.32 Å². The van der Waals surface area contributed by atoms with Gasteiger partial charge in [0.2, 0.25) is 0 Å². The van der Waals surface area contributed by atoms with E-state index in [-0.39, 0.29) is 0 Å². The lowest BCUT2D eigenvalue weighted by Gasteiger charge is -2.26. The van der Waals surface area contributed by atoms with Crippen molar-refractivity contribution in [2.75, 3.05) is 31.1 Å². The van der Waals surface area contributed by atoms with Gasteiger partial charge < -0.3 is 9.73 Å². The molecule has 1 aliphatic heterocycles. The number of nitrogens with one attached hydrogen (secondary N) is 1. The van der Waals surface area contributed by atoms with Crippen LogP contribution in [-0.4, -0.2) is 36.0 Å². The molecule has 0 amide bonds. The fraction of sp³-hybridized carbons (Fsp3) is 0.529. The molecule has 0 aliphatic carbocycles. The molecule has 0 bridgehead atoms. The zero-order chi connectivity index (χ0) is 14.5. The molecule has 3 rings (SSSR count). The van der Waals surface area contributed by atoms with Gasteiger partial charge in [-0.15, -0.1) is 0 Å². The molecule has 0 spiro atoms. The van der Waals surface area contributed by atoms with E-state index >= 15 is 0 Å². The summed E-state index contributed by atoms with van der Waals surface area (Å²) in [6.45, 7) is 7.45. The molecule has 0 radical (unpaired) electrons. The second-order valence-corrected chi connectivity index (χ2v) is 6.79. The second kappa shape index (κ2) is 7.34. The fourth-order valence-electron chi connectivity index (χ4n) is 2.83. The molecule has 1 N–H and O–H groups in total. The summed E-state index contributed by atoms with van der Waals surface area (Å²) in [5.41, 5.74) is 2.40. The molecule has 1 fully saturated rings. The summed E-state index contributed by atoms with van der Waals surface area (Å²) in [7, 11) is 0. The van der Waals surface area contributed by atoms with E-state index in [1.54, 1.807) is 0 Å². The molecular weight excluding hydrogens is 280 g/mol. The third-order valence-corrected chi connectivity index (χ3v) is 4.92. The lowest BCUT2D eigenvalue weighted by molar-refractivity contribution is 0.292. The van der Waals surface area contributed by atoms with E-state index in [0.717, 1.165) is 37.4 Å². The Morgan fingerprint density at radius 1 is 1.24 bits per heavy atom. The first kappa shape index (κ1) is 14.9. The number of benzene rings is 1. The Balaban J connectivity index is 1.83. The molecule has 0 atom stereocenters. The number of hydrogen-bond acceptors (Lipinski definition) is 4. The van der Waals surface area contributed by atoms with Gasteiger partial charge in [0.05, 0.1) is 6.54 Å². The highest BCUT2D eigenvalue weighted by molar-refractivity contribution is 7.99. The van der Waals surface area contributed by atoms with Crippen LogP contribution in [0.2, 0.25) is 0 Å². The zero-order valence-electron chi connectivity index (χ0n) is 12.7. The van der Waals surface area contributed by atoms with Gasteiger partial charge in [0.15, 0.2) is 0 Å². The van der Waals surface area contributed by atoms with Crippen LogP contribution in [0.5, 0.6) is 0 Å². The molecule has 1 aromatic carbocycles. The third kappa shape index (κ3) is 3.62. The van der Waals surface area contributed by atoms with E-state index in [1.807, 2.05) is 0 Å². The Hall–Kier alpha value is -0.970. The van der Waals surface area contributed by atoms with Gasteiger partial charge in [-0.2, -0.15) is 11.8 Å². The molecule has 1 aliphatic rings. The number of furan rings is 1. The molecule has 3 nitrogen and oxygen atoms in total. The number of nitrogens with zero attached hydrogens (tertiary/aromatic N) is 1. The predicted octanol–water partition coefficient (Wildman–Crippen LogP) is 3.48. The summed E-state index contributed by atoms with van der Waals surface area (Å²) in [6.07, 6.45) is 1.15. The molecule has 1 aromatic heterocycles. The minimum absolute atomic E-state index is 0.834. The normalized spacial score (nSPS) is 16.6. The largest absolute Gasteiger partial charge is 0.459 e. The van der Waals surface area contributed by atoms with Crippen molar-refractivity contribution in [2.45, 2.75) is 26.4 Å². The number of thioether (sulfide) groups is 1. The van der Waals surface area contributed by atoms with E-state index in [0.29, 0.717) is 0 Å². The molecule has 1 saturated heterocycles. The summed E-state index contributed by atoms with van der Waals surface area (Å²) in [5.74, 6) is 3.61. The highest BCUT2D eigenvalue weighted by atomic mass is 32.2. The van der Waals surface area contributed by atoms with Crippen molar-refractivity contribution in [1.82, 2.24) is 10.2 Å². The molecule has 4 heteroatoms. The van der Waals surface area contributed by atoms with Crippen LogP contribution in [0.4, 0.5) is 0 Å². The van der Waals surface area contributed by atoms with Crippen molar-refractivity contribution in [3.8, 4) is 0 Å². The molecule has 114 valence electrons. The number of para-hydroxylation sites is 1. The van der Waals surface area contributed by atoms with Crippen LogP contribution in [-0.2, 0) is 13.1 Å². The monoisotopic (exact) mass is 304 g/mol. The van der Waals surface area contributed by atoms with E-state index in [9.17, 15) is 0 Å². The number of hydrogen-bond donors (Lipinski definition) is 1. The van der Waals surface area contributed by atoms with E-state index in [2.05, 4.69) is 53.2 Å². The maximum Gasteiger partial charge on any atom is 0.134 e. The fourth-order valence-corrected chi connectivity index (χ4v) is 3.81. The third-order valence-electron chi connectivity index (χ3n) is 3.98. The molecule has 21 heavy (non-hydrogen) atoms. The van der Waals surface area contributed by atoms with Crippen LogP contribution in [0.25, 0.3) is 11.0 Å². The molecule has 0 unspecified atom stereocenters. The van der Waals surface area contributed by atoms with Gasteiger partial charge in [0.25, 0.3) is 0 Å². The van der Waals surface area contributed by atoms with Gasteiger partial charge in [0, 0.05) is 42.1 Å². The lowest BCUT2D eigenvalue weighted by Crippen LogP contribution is -2.32. The smallest absolute Gasteiger partial charge is 0.134 e. The Labute approximate surface area is 131 Å². The van der Waals surface area contributed by atoms with Crippen molar-refractivity contribution in [2.24, 2.45) is 0 Å². The average molecular weight is 304 g/mol. The maximum absolute atomic E-state index is 6.09. The SMILES string of the molecule is CCCNCc1oc2ccccc2c1CN1CCSCC1. The summed E-state index contributed by atoms with van der Waals surface area (Å²) >= 11 is 2.06. The Morgan fingerprint density at radius 2 is 2.05 bits per heavy atom. The van der Waals surface area contributed by atoms with Crippen molar-refractivity contribution in [1.29, 1.82) is 0 Å². The predicted molar refractivity (Wildman–Crippen MR) is 90.8 cm³/mol. The van der Waals surface area contributed by atoms with Crippen molar-refractivity contribution in [3.63, 3.8) is 0 Å². The topological polar surface area (TPSA) is 28.4 Å². The van der Waals surface area contributed by atoms with Crippen LogP contribution in [0, 0.1) is 0 Å². The first-order valence-corrected chi connectivity index (χ1v) is 9.04. The Morgan fingerprint density at radius 3 is 2.86 bits per heavy atom. The van der Waals surface area contributed by atoms with Gasteiger partial charge in [0.1, 0.15) is 11.3 Å². The maximum atomic E-state index is 6.09. The minimum atomic E-state index is 0.834. The molecule has 2 aromatic rings. The average Bonchev–Trinajstić information content (AvgIpc) is 2.87. The summed E-state index contributed by atoms with van der Waals surface area (Å²) < 4.78 is 6.09. The summed E-state index contributed by atoms with van der Waals surface area (Å²) in [6, 6.07) is 8.43. The molecular formula is C17H24N2OS.